The van der Waals surface area contributed by atoms with Crippen LogP contribution < -0.4 is 4.74 Å². The van der Waals surface area contributed by atoms with Crippen LogP contribution in [0.2, 0.25) is 0 Å². The van der Waals surface area contributed by atoms with E-state index in [4.69, 9.17) is 4.74 Å². The Kier molecular flexibility index (Phi) is 4.79. The number of aromatic nitrogens is 1. The average Bonchev–Trinajstić information content (AvgIpc) is 3.07. The lowest BCUT2D eigenvalue weighted by molar-refractivity contribution is 0.0941. The number of hydrogen-bond donors (Lipinski definition) is 1. The molecule has 26 heavy (non-hydrogen) atoms. The Morgan fingerprint density at radius 3 is 2.58 bits per heavy atom. The first-order valence-electron chi connectivity index (χ1n) is 8.80. The molecule has 6 heteroatoms. The average molecular weight is 481 g/mol. The van der Waals surface area contributed by atoms with Crippen molar-refractivity contribution in [3.63, 3.8) is 0 Å². The summed E-state index contributed by atoms with van der Waals surface area (Å²) in [6, 6.07) is 1.82. The van der Waals surface area contributed by atoms with Gasteiger partial charge < -0.3 is 9.84 Å². The van der Waals surface area contributed by atoms with Crippen LogP contribution in [-0.2, 0) is 0 Å². The first-order chi connectivity index (χ1) is 12.5. The van der Waals surface area contributed by atoms with E-state index >= 15 is 0 Å². The quantitative estimate of drug-likeness (QED) is 0.602. The second-order valence-corrected chi connectivity index (χ2v) is 8.68. The van der Waals surface area contributed by atoms with E-state index in [0.717, 1.165) is 42.0 Å². The zero-order valence-electron chi connectivity index (χ0n) is 14.4. The van der Waals surface area contributed by atoms with Gasteiger partial charge in [-0.3, -0.25) is 9.36 Å². The first-order valence-corrected chi connectivity index (χ1v) is 10.4. The molecule has 2 aliphatic rings. The minimum Gasteiger partial charge on any atom is -0.506 e. The van der Waals surface area contributed by atoms with Gasteiger partial charge in [-0.1, -0.05) is 0 Å². The smallest absolute Gasteiger partial charge is 0.228 e. The number of nitrogens with zero attached hydrogens (tertiary/aromatic N) is 1. The molecule has 0 bridgehead atoms. The fourth-order valence-electron chi connectivity index (χ4n) is 4.13. The third-order valence-electron chi connectivity index (χ3n) is 5.52. The van der Waals surface area contributed by atoms with Gasteiger partial charge in [-0.05, 0) is 68.5 Å². The molecule has 1 aromatic heterocycles. The summed E-state index contributed by atoms with van der Waals surface area (Å²) < 4.78 is 9.03. The highest BCUT2D eigenvalue weighted by Crippen LogP contribution is 2.53. The molecule has 3 atom stereocenters. The van der Waals surface area contributed by atoms with Gasteiger partial charge in [-0.2, -0.15) is 0 Å². The summed E-state index contributed by atoms with van der Waals surface area (Å²) in [6.07, 6.45) is 5.74. The standard InChI is InChI=1S/C20H19Br2NO3/c1-11(24)23-9-17(25)18-16(23)8-15(21)20(19(18)22)26-10-14-12-6-4-2-3-5-7-13(12)14/h8-9,12-14,25H,4-7,10H2,1H3/t12-,13+,14?. The summed E-state index contributed by atoms with van der Waals surface area (Å²) in [5.74, 6) is 9.05. The van der Waals surface area contributed by atoms with Crippen molar-refractivity contribution in [3.8, 4) is 23.3 Å². The topological polar surface area (TPSA) is 51.5 Å². The lowest BCUT2D eigenvalue weighted by Gasteiger charge is -2.12. The third-order valence-corrected chi connectivity index (χ3v) is 6.87. The van der Waals surface area contributed by atoms with E-state index in [1.807, 2.05) is 6.07 Å². The van der Waals surface area contributed by atoms with Gasteiger partial charge in [0.05, 0.1) is 32.7 Å². The number of rotatable bonds is 3. The molecule has 0 spiro atoms. The Morgan fingerprint density at radius 2 is 1.96 bits per heavy atom. The summed E-state index contributed by atoms with van der Waals surface area (Å²) in [4.78, 5) is 11.8. The van der Waals surface area contributed by atoms with E-state index in [2.05, 4.69) is 43.7 Å². The summed E-state index contributed by atoms with van der Waals surface area (Å²) in [7, 11) is 0. The molecular weight excluding hydrogens is 462 g/mol. The van der Waals surface area contributed by atoms with Crippen LogP contribution in [0.4, 0.5) is 0 Å². The van der Waals surface area contributed by atoms with E-state index in [1.54, 1.807) is 0 Å². The molecule has 4 nitrogen and oxygen atoms in total. The summed E-state index contributed by atoms with van der Waals surface area (Å²) in [5, 5.41) is 10.9. The zero-order chi connectivity index (χ0) is 18.4. The number of fused-ring (bicyclic) bond motifs is 2. The zero-order valence-corrected chi connectivity index (χ0v) is 17.6. The predicted molar refractivity (Wildman–Crippen MR) is 108 cm³/mol. The van der Waals surface area contributed by atoms with Crippen LogP contribution in [0, 0.1) is 29.6 Å². The minimum atomic E-state index is -0.154. The number of hydrogen-bond acceptors (Lipinski definition) is 3. The molecule has 136 valence electrons. The number of aromatic hydroxyl groups is 1. The minimum absolute atomic E-state index is 0.0599. The molecule has 0 amide bonds. The van der Waals surface area contributed by atoms with Crippen molar-refractivity contribution < 1.29 is 14.6 Å². The Labute approximate surface area is 169 Å². The molecule has 1 saturated carbocycles. The predicted octanol–water partition coefficient (Wildman–Crippen LogP) is 5.35. The molecule has 2 aromatic rings. The maximum absolute atomic E-state index is 11.8. The number of ether oxygens (including phenoxy) is 1. The molecule has 1 N–H and O–H groups in total. The van der Waals surface area contributed by atoms with Crippen LogP contribution in [0.3, 0.4) is 0 Å². The number of halogens is 2. The summed E-state index contributed by atoms with van der Waals surface area (Å²) >= 11 is 7.11. The summed E-state index contributed by atoms with van der Waals surface area (Å²) in [6.45, 7) is 2.13. The number of benzene rings is 1. The summed E-state index contributed by atoms with van der Waals surface area (Å²) in [5.41, 5.74) is 0.645. The van der Waals surface area contributed by atoms with E-state index < -0.39 is 0 Å². The van der Waals surface area contributed by atoms with Gasteiger partial charge in [0.2, 0.25) is 5.91 Å². The van der Waals surface area contributed by atoms with Gasteiger partial charge in [0.1, 0.15) is 11.5 Å². The van der Waals surface area contributed by atoms with E-state index in [-0.39, 0.29) is 11.7 Å². The lowest BCUT2D eigenvalue weighted by Crippen LogP contribution is -2.05. The number of carbonyl (C=O) groups is 1. The van der Waals surface area contributed by atoms with Gasteiger partial charge in [-0.15, -0.1) is 11.8 Å². The van der Waals surface area contributed by atoms with E-state index in [0.29, 0.717) is 33.6 Å². The molecule has 0 aliphatic heterocycles. The fourth-order valence-corrected chi connectivity index (χ4v) is 5.66. The molecular formula is C20H19Br2NO3. The molecule has 2 aliphatic carbocycles. The number of carbonyl (C=O) groups excluding carboxylic acids is 1. The Bertz CT molecular complexity index is 936. The lowest BCUT2D eigenvalue weighted by atomic mass is 10.1. The highest BCUT2D eigenvalue weighted by Gasteiger charge is 2.49. The van der Waals surface area contributed by atoms with Crippen LogP contribution >= 0.6 is 31.9 Å². The van der Waals surface area contributed by atoms with E-state index in [9.17, 15) is 9.90 Å². The molecule has 1 fully saturated rings. The first kappa shape index (κ1) is 17.9. The van der Waals surface area contributed by atoms with Crippen molar-refractivity contribution >= 4 is 48.7 Å². The molecule has 1 heterocycles. The van der Waals surface area contributed by atoms with Crippen molar-refractivity contribution in [2.75, 3.05) is 6.61 Å². The molecule has 4 rings (SSSR count). The van der Waals surface area contributed by atoms with Crippen molar-refractivity contribution in [1.29, 1.82) is 0 Å². The van der Waals surface area contributed by atoms with Gasteiger partial charge in [0.15, 0.2) is 0 Å². The van der Waals surface area contributed by atoms with E-state index in [1.165, 1.54) is 17.7 Å². The molecule has 1 unspecified atom stereocenters. The Balaban J connectivity index is 1.58. The van der Waals surface area contributed by atoms with Crippen LogP contribution in [0.5, 0.6) is 11.5 Å². The monoisotopic (exact) mass is 479 g/mol. The van der Waals surface area contributed by atoms with Gasteiger partial charge >= 0.3 is 0 Å². The van der Waals surface area contributed by atoms with Crippen molar-refractivity contribution in [1.82, 2.24) is 4.57 Å². The second kappa shape index (κ2) is 6.94. The highest BCUT2D eigenvalue weighted by molar-refractivity contribution is 9.11. The normalized spacial score (nSPS) is 24.2. The van der Waals surface area contributed by atoms with Gasteiger partial charge in [0, 0.05) is 19.8 Å². The van der Waals surface area contributed by atoms with Crippen LogP contribution in [0.1, 0.15) is 37.4 Å². The largest absolute Gasteiger partial charge is 0.506 e. The van der Waals surface area contributed by atoms with Crippen molar-refractivity contribution in [2.45, 2.75) is 32.6 Å². The fraction of sp³-hybridized carbons (Fsp3) is 0.450. The van der Waals surface area contributed by atoms with Crippen molar-refractivity contribution in [2.24, 2.45) is 17.8 Å². The van der Waals surface area contributed by atoms with Crippen LogP contribution in [0.15, 0.2) is 21.2 Å². The second-order valence-electron chi connectivity index (χ2n) is 7.03. The van der Waals surface area contributed by atoms with Crippen LogP contribution in [-0.4, -0.2) is 22.2 Å². The van der Waals surface area contributed by atoms with Gasteiger partial charge in [0.25, 0.3) is 0 Å². The third kappa shape index (κ3) is 3.05. The maximum atomic E-state index is 11.8. The van der Waals surface area contributed by atoms with Gasteiger partial charge in [-0.25, -0.2) is 0 Å². The molecule has 0 radical (unpaired) electrons. The highest BCUT2D eigenvalue weighted by atomic mass is 79.9. The Hall–Kier alpha value is -1.45. The SMILES string of the molecule is CC(=O)n1cc(O)c2c(Br)c(OCC3[C@H]4CCC#CCC[C@@H]34)c(Br)cc21. The van der Waals surface area contributed by atoms with Crippen molar-refractivity contribution in [3.05, 3.63) is 21.2 Å². The maximum Gasteiger partial charge on any atom is 0.228 e. The van der Waals surface area contributed by atoms with Crippen LogP contribution in [0.25, 0.3) is 10.9 Å². The molecule has 1 aromatic carbocycles. The Morgan fingerprint density at radius 1 is 1.31 bits per heavy atom. The molecule has 0 saturated heterocycles.